The fourth-order valence-electron chi connectivity index (χ4n) is 1.96. The molecule has 3 aromatic rings. The Kier molecular flexibility index (Phi) is 3.04. The average Bonchev–Trinajstić information content (AvgIpc) is 2.98. The summed E-state index contributed by atoms with van der Waals surface area (Å²) in [7, 11) is 2.09. The monoisotopic (exact) mass is 259 g/mol. The smallest absolute Gasteiger partial charge is 0.105 e. The van der Waals surface area contributed by atoms with E-state index in [4.69, 9.17) is 0 Å². The van der Waals surface area contributed by atoms with Gasteiger partial charge >= 0.3 is 0 Å². The molecule has 0 saturated carbocycles. The Morgan fingerprint density at radius 2 is 2.06 bits per heavy atom. The molecule has 18 heavy (non-hydrogen) atoms. The lowest BCUT2D eigenvalue weighted by molar-refractivity contribution is 0.315. The molecule has 0 radical (unpaired) electrons. The molecule has 0 saturated heterocycles. The van der Waals surface area contributed by atoms with Crippen molar-refractivity contribution in [1.29, 1.82) is 0 Å². The van der Waals surface area contributed by atoms with Gasteiger partial charge in [-0.2, -0.15) is 13.8 Å². The predicted octanol–water partition coefficient (Wildman–Crippen LogP) is 2.05. The second-order valence-electron chi connectivity index (χ2n) is 4.34. The van der Waals surface area contributed by atoms with Crippen molar-refractivity contribution in [2.75, 3.05) is 7.05 Å². The molecule has 1 N–H and O–H groups in total. The molecule has 92 valence electrons. The Morgan fingerprint density at radius 3 is 2.89 bits per heavy atom. The topological polar surface area (TPSA) is 57.7 Å². The average molecular weight is 259 g/mol. The number of hydrogen-bond donors (Lipinski definition) is 1. The van der Waals surface area contributed by atoms with E-state index in [-0.39, 0.29) is 0 Å². The van der Waals surface area contributed by atoms with E-state index in [9.17, 15) is 0 Å². The lowest BCUT2D eigenvalue weighted by Crippen LogP contribution is -2.17. The number of nitrogens with zero attached hydrogens (tertiary/aromatic N) is 4. The van der Waals surface area contributed by atoms with Crippen molar-refractivity contribution in [1.82, 2.24) is 23.8 Å². The summed E-state index contributed by atoms with van der Waals surface area (Å²) in [6.45, 7) is 1.74. The van der Waals surface area contributed by atoms with Gasteiger partial charge in [-0.05, 0) is 30.8 Å². The second kappa shape index (κ2) is 4.83. The zero-order valence-electron chi connectivity index (χ0n) is 10.00. The molecule has 3 rings (SSSR count). The largest absolute Gasteiger partial charge is 0.296 e. The zero-order chi connectivity index (χ0) is 12.4. The maximum Gasteiger partial charge on any atom is 0.105 e. The van der Waals surface area contributed by atoms with Gasteiger partial charge in [0.1, 0.15) is 11.0 Å². The van der Waals surface area contributed by atoms with Gasteiger partial charge < -0.3 is 0 Å². The molecule has 0 unspecified atom stereocenters. The van der Waals surface area contributed by atoms with Gasteiger partial charge in [0.15, 0.2) is 0 Å². The molecule has 0 aliphatic rings. The number of rotatable bonds is 4. The Bertz CT molecular complexity index is 631. The van der Waals surface area contributed by atoms with Crippen LogP contribution in [0.4, 0.5) is 0 Å². The first kappa shape index (κ1) is 11.3. The highest BCUT2D eigenvalue weighted by atomic mass is 32.1. The highest BCUT2D eigenvalue weighted by Crippen LogP contribution is 2.15. The van der Waals surface area contributed by atoms with Crippen molar-refractivity contribution in [3.05, 3.63) is 41.7 Å². The standard InChI is InChI=1S/C12H13N5S/c1-17(8-10-4-5-13-14-10)7-9-2-3-11-12(6-9)16-18-15-11/h2-6H,7-8H2,1H3,(H,13,14). The van der Waals surface area contributed by atoms with E-state index in [0.29, 0.717) is 0 Å². The summed E-state index contributed by atoms with van der Waals surface area (Å²) < 4.78 is 8.46. The van der Waals surface area contributed by atoms with E-state index in [0.717, 1.165) is 29.8 Å². The molecular formula is C12H13N5S. The molecular weight excluding hydrogens is 246 g/mol. The number of hydrogen-bond acceptors (Lipinski definition) is 5. The van der Waals surface area contributed by atoms with Crippen LogP contribution in [0.25, 0.3) is 11.0 Å². The molecule has 0 amide bonds. The van der Waals surface area contributed by atoms with Crippen LogP contribution in [0.2, 0.25) is 0 Å². The van der Waals surface area contributed by atoms with E-state index in [1.807, 2.05) is 12.1 Å². The summed E-state index contributed by atoms with van der Waals surface area (Å²) in [6, 6.07) is 8.22. The minimum atomic E-state index is 0.855. The van der Waals surface area contributed by atoms with Crippen LogP contribution in [0.3, 0.4) is 0 Å². The van der Waals surface area contributed by atoms with Gasteiger partial charge in [0, 0.05) is 25.0 Å². The van der Waals surface area contributed by atoms with Crippen molar-refractivity contribution in [2.45, 2.75) is 13.1 Å². The summed E-state index contributed by atoms with van der Waals surface area (Å²) >= 11 is 1.26. The molecule has 0 aliphatic carbocycles. The Morgan fingerprint density at radius 1 is 1.17 bits per heavy atom. The Labute approximate surface area is 109 Å². The molecule has 0 bridgehead atoms. The van der Waals surface area contributed by atoms with Crippen molar-refractivity contribution in [3.8, 4) is 0 Å². The Hall–Kier alpha value is -1.79. The van der Waals surface area contributed by atoms with Crippen LogP contribution in [0.5, 0.6) is 0 Å². The summed E-state index contributed by atoms with van der Waals surface area (Å²) in [5.74, 6) is 0. The summed E-state index contributed by atoms with van der Waals surface area (Å²) in [5, 5.41) is 6.91. The van der Waals surface area contributed by atoms with Crippen molar-refractivity contribution in [2.24, 2.45) is 0 Å². The zero-order valence-corrected chi connectivity index (χ0v) is 10.8. The maximum atomic E-state index is 4.26. The van der Waals surface area contributed by atoms with Gasteiger partial charge in [0.05, 0.1) is 11.7 Å². The first-order valence-corrected chi connectivity index (χ1v) is 6.42. The van der Waals surface area contributed by atoms with Crippen molar-refractivity contribution in [3.63, 3.8) is 0 Å². The van der Waals surface area contributed by atoms with Gasteiger partial charge in [0.2, 0.25) is 0 Å². The van der Waals surface area contributed by atoms with Crippen LogP contribution in [-0.4, -0.2) is 30.9 Å². The van der Waals surface area contributed by atoms with E-state index in [1.54, 1.807) is 6.20 Å². The molecule has 0 spiro atoms. The summed E-state index contributed by atoms with van der Waals surface area (Å²) in [4.78, 5) is 2.23. The van der Waals surface area contributed by atoms with Crippen LogP contribution in [0.1, 0.15) is 11.3 Å². The van der Waals surface area contributed by atoms with Gasteiger partial charge in [-0.1, -0.05) is 6.07 Å². The molecule has 0 aliphatic heterocycles. The molecule has 2 heterocycles. The fraction of sp³-hybridized carbons (Fsp3) is 0.250. The number of nitrogens with one attached hydrogen (secondary N) is 1. The molecule has 5 nitrogen and oxygen atoms in total. The highest BCUT2D eigenvalue weighted by Gasteiger charge is 2.05. The summed E-state index contributed by atoms with van der Waals surface area (Å²) in [5.41, 5.74) is 4.32. The quantitative estimate of drug-likeness (QED) is 0.779. The Balaban J connectivity index is 1.71. The number of fused-ring (bicyclic) bond motifs is 1. The third-order valence-electron chi connectivity index (χ3n) is 2.77. The molecule has 1 aromatic carbocycles. The molecule has 2 aromatic heterocycles. The van der Waals surface area contributed by atoms with Crippen LogP contribution in [0, 0.1) is 0 Å². The van der Waals surface area contributed by atoms with Crippen molar-refractivity contribution >= 4 is 22.8 Å². The normalized spacial score (nSPS) is 11.4. The number of H-pyrrole nitrogens is 1. The summed E-state index contributed by atoms with van der Waals surface area (Å²) in [6.07, 6.45) is 1.77. The van der Waals surface area contributed by atoms with E-state index < -0.39 is 0 Å². The lowest BCUT2D eigenvalue weighted by atomic mass is 10.2. The number of aromatic nitrogens is 4. The number of aromatic amines is 1. The molecule has 6 heteroatoms. The predicted molar refractivity (Wildman–Crippen MR) is 71.2 cm³/mol. The van der Waals surface area contributed by atoms with Gasteiger partial charge in [0.25, 0.3) is 0 Å². The van der Waals surface area contributed by atoms with Crippen LogP contribution >= 0.6 is 11.7 Å². The highest BCUT2D eigenvalue weighted by molar-refractivity contribution is 7.00. The van der Waals surface area contributed by atoms with Gasteiger partial charge in [-0.3, -0.25) is 10.00 Å². The SMILES string of the molecule is CN(Cc1ccc2nsnc2c1)Cc1ccn[nH]1. The minimum absolute atomic E-state index is 0.855. The molecule has 0 atom stereocenters. The van der Waals surface area contributed by atoms with Gasteiger partial charge in [-0.15, -0.1) is 0 Å². The second-order valence-corrected chi connectivity index (χ2v) is 4.87. The first-order valence-electron chi connectivity index (χ1n) is 5.69. The molecule has 0 fully saturated rings. The maximum absolute atomic E-state index is 4.26. The van der Waals surface area contributed by atoms with E-state index in [2.05, 4.69) is 43.0 Å². The lowest BCUT2D eigenvalue weighted by Gasteiger charge is -2.15. The number of benzene rings is 1. The van der Waals surface area contributed by atoms with Gasteiger partial charge in [-0.25, -0.2) is 0 Å². The van der Waals surface area contributed by atoms with Crippen molar-refractivity contribution < 1.29 is 0 Å². The third kappa shape index (κ3) is 2.39. The van der Waals surface area contributed by atoms with E-state index in [1.165, 1.54) is 17.3 Å². The third-order valence-corrected chi connectivity index (χ3v) is 3.33. The van der Waals surface area contributed by atoms with Crippen LogP contribution in [-0.2, 0) is 13.1 Å². The minimum Gasteiger partial charge on any atom is -0.296 e. The van der Waals surface area contributed by atoms with E-state index >= 15 is 0 Å². The first-order chi connectivity index (χ1) is 8.81. The van der Waals surface area contributed by atoms with Crippen LogP contribution < -0.4 is 0 Å². The van der Waals surface area contributed by atoms with Crippen LogP contribution in [0.15, 0.2) is 30.5 Å². The fourth-order valence-corrected chi connectivity index (χ4v) is 2.47.